The van der Waals surface area contributed by atoms with Crippen molar-refractivity contribution in [3.05, 3.63) is 251 Å². The van der Waals surface area contributed by atoms with Crippen LogP contribution in [0, 0.1) is 20.2 Å². The second-order valence-electron chi connectivity index (χ2n) is 18.1. The molecule has 0 N–H and O–H groups in total. The first kappa shape index (κ1) is 45.9. The average molecular weight is 956 g/mol. The van der Waals surface area contributed by atoms with Gasteiger partial charge in [0.2, 0.25) is 0 Å². The summed E-state index contributed by atoms with van der Waals surface area (Å²) in [5, 5.41) is 32.5. The van der Waals surface area contributed by atoms with Crippen molar-refractivity contribution in [1.82, 2.24) is 0 Å². The van der Waals surface area contributed by atoms with E-state index in [1.54, 1.807) is 48.5 Å². The Bertz CT molecular complexity index is 3570. The van der Waals surface area contributed by atoms with E-state index in [-0.39, 0.29) is 21.2 Å². The van der Waals surface area contributed by atoms with Crippen LogP contribution in [0.15, 0.2) is 231 Å². The van der Waals surface area contributed by atoms with Crippen molar-refractivity contribution >= 4 is 106 Å². The highest BCUT2D eigenvalue weighted by Crippen LogP contribution is 2.43. The Kier molecular flexibility index (Phi) is 12.6. The van der Waals surface area contributed by atoms with Gasteiger partial charge in [0, 0.05) is 75.5 Å². The molecular formula is C63H49N5O5. The monoisotopic (exact) mass is 955 g/mol. The van der Waals surface area contributed by atoms with Gasteiger partial charge in [0.15, 0.2) is 0 Å². The minimum absolute atomic E-state index is 0.0185. The molecule has 0 fully saturated rings. The number of non-ortho nitro benzene ring substituents is 2. The number of benzene rings is 11. The maximum absolute atomic E-state index is 11.8. The van der Waals surface area contributed by atoms with Crippen LogP contribution in [-0.4, -0.2) is 16.5 Å². The smallest absolute Gasteiger partial charge is 0.269 e. The fourth-order valence-electron chi connectivity index (χ4n) is 9.66. The van der Waals surface area contributed by atoms with Crippen molar-refractivity contribution in [2.24, 2.45) is 0 Å². The quantitative estimate of drug-likeness (QED) is 0.0408. The Balaban J connectivity index is 0.989. The molecular weight excluding hydrogens is 907 g/mol. The van der Waals surface area contributed by atoms with Crippen molar-refractivity contribution in [1.29, 1.82) is 0 Å². The summed E-state index contributed by atoms with van der Waals surface area (Å²) in [6, 6.07) is 76.3. The van der Waals surface area contributed by atoms with Crippen LogP contribution in [0.4, 0.5) is 62.6 Å². The predicted octanol–water partition coefficient (Wildman–Crippen LogP) is 18.1. The van der Waals surface area contributed by atoms with Crippen molar-refractivity contribution in [2.75, 3.05) is 21.3 Å². The van der Waals surface area contributed by atoms with E-state index in [4.69, 9.17) is 4.74 Å². The number of hydrogen-bond acceptors (Lipinski definition) is 8. The Morgan fingerprint density at radius 1 is 0.342 bits per heavy atom. The first-order chi connectivity index (χ1) is 35.8. The van der Waals surface area contributed by atoms with Crippen LogP contribution in [0.3, 0.4) is 0 Å². The fraction of sp³-hybridized carbons (Fsp3) is 0.0794. The molecule has 0 saturated heterocycles. The number of nitrogens with zero attached hydrogens (tertiary/aromatic N) is 5. The van der Waals surface area contributed by atoms with Gasteiger partial charge in [-0.25, -0.2) is 0 Å². The molecule has 11 aromatic carbocycles. The molecule has 356 valence electrons. The maximum Gasteiger partial charge on any atom is 0.269 e. The summed E-state index contributed by atoms with van der Waals surface area (Å²) in [7, 11) is 0. The first-order valence-corrected chi connectivity index (χ1v) is 24.4. The lowest BCUT2D eigenvalue weighted by Crippen LogP contribution is -2.13. The van der Waals surface area contributed by atoms with Gasteiger partial charge in [-0.1, -0.05) is 80.4 Å². The molecule has 10 heteroatoms. The van der Waals surface area contributed by atoms with Crippen LogP contribution in [0.25, 0.3) is 43.1 Å². The summed E-state index contributed by atoms with van der Waals surface area (Å²) in [6.45, 7) is 2.83. The van der Waals surface area contributed by atoms with Gasteiger partial charge in [-0.2, -0.15) is 0 Å². The zero-order chi connectivity index (χ0) is 49.8. The molecule has 0 bridgehead atoms. The lowest BCUT2D eigenvalue weighted by molar-refractivity contribution is -0.385. The summed E-state index contributed by atoms with van der Waals surface area (Å²) in [4.78, 5) is 29.2. The summed E-state index contributed by atoms with van der Waals surface area (Å²) in [6.07, 6.45) is 3.21. The molecule has 0 heterocycles. The van der Waals surface area contributed by atoms with E-state index in [0.29, 0.717) is 6.61 Å². The largest absolute Gasteiger partial charge is 0.494 e. The highest BCUT2D eigenvalue weighted by atomic mass is 16.6. The lowest BCUT2D eigenvalue weighted by atomic mass is 10.0. The second-order valence-corrected chi connectivity index (χ2v) is 18.1. The van der Waals surface area contributed by atoms with Gasteiger partial charge < -0.3 is 19.4 Å². The summed E-state index contributed by atoms with van der Waals surface area (Å²) in [5.41, 5.74) is 7.85. The standard InChI is InChI=1S/C63H49N5O5/c1-2-3-8-37-73-63-35-33-58(34-36-63)64(52-17-21-54(22-18-52)65(56-25-29-59(30-26-56)67(69)70)61-15-13-48-38-44-9-4-6-11-46(44)40-50(48)42-61)53-19-23-55(24-20-53)66(57-27-31-60(32-28-57)68(71)72)62-16-14-49-39-45-10-5-7-12-47(45)41-51(49)43-62/h4-7,9-36,38-43H,2-3,8,37H2,1H3. The Morgan fingerprint density at radius 2 is 0.630 bits per heavy atom. The molecule has 73 heavy (non-hydrogen) atoms. The number of unbranched alkanes of at least 4 members (excludes halogenated alkanes) is 2. The predicted molar refractivity (Wildman–Crippen MR) is 299 cm³/mol. The molecule has 0 aliphatic rings. The van der Waals surface area contributed by atoms with Crippen LogP contribution in [-0.2, 0) is 0 Å². The first-order valence-electron chi connectivity index (χ1n) is 24.4. The van der Waals surface area contributed by atoms with Gasteiger partial charge in [-0.05, 0) is 195 Å². The van der Waals surface area contributed by atoms with Crippen molar-refractivity contribution in [2.45, 2.75) is 26.2 Å². The third kappa shape index (κ3) is 9.57. The van der Waals surface area contributed by atoms with Crippen LogP contribution in [0.2, 0.25) is 0 Å². The normalized spacial score (nSPS) is 11.2. The number of anilines is 9. The third-order valence-electron chi connectivity index (χ3n) is 13.4. The molecule has 11 rings (SSSR count). The van der Waals surface area contributed by atoms with Crippen molar-refractivity contribution in [3.63, 3.8) is 0 Å². The Hall–Kier alpha value is -9.54. The van der Waals surface area contributed by atoms with E-state index in [2.05, 4.69) is 167 Å². The number of nitro groups is 2. The number of nitro benzene ring substituents is 2. The van der Waals surface area contributed by atoms with E-state index in [1.807, 2.05) is 36.4 Å². The third-order valence-corrected chi connectivity index (χ3v) is 13.4. The van der Waals surface area contributed by atoms with Crippen LogP contribution in [0.5, 0.6) is 5.75 Å². The number of fused-ring (bicyclic) bond motifs is 4. The Labute approximate surface area is 422 Å². The SMILES string of the molecule is CCCCCOc1ccc(N(c2ccc(N(c3ccc([N+](=O)[O-])cc3)c3ccc4cc5ccccc5cc4c3)cc2)c2ccc(N(c3ccc([N+](=O)[O-])cc3)c3ccc4cc5ccccc5cc4c3)cc2)cc1. The molecule has 0 unspecified atom stereocenters. The molecule has 0 saturated carbocycles. The molecule has 0 aliphatic heterocycles. The van der Waals surface area contributed by atoms with Crippen molar-refractivity contribution in [3.8, 4) is 5.75 Å². The lowest BCUT2D eigenvalue weighted by Gasteiger charge is -2.29. The van der Waals surface area contributed by atoms with E-state index >= 15 is 0 Å². The van der Waals surface area contributed by atoms with E-state index in [0.717, 1.165) is 109 Å². The number of hydrogen-bond donors (Lipinski definition) is 0. The fourth-order valence-corrected chi connectivity index (χ4v) is 9.66. The molecule has 0 aliphatic carbocycles. The van der Waals surface area contributed by atoms with Gasteiger partial charge in [-0.15, -0.1) is 0 Å². The van der Waals surface area contributed by atoms with Crippen LogP contribution < -0.4 is 19.4 Å². The number of rotatable bonds is 16. The van der Waals surface area contributed by atoms with Gasteiger partial charge >= 0.3 is 0 Å². The molecule has 11 aromatic rings. The summed E-state index contributed by atoms with van der Waals surface area (Å²) in [5.74, 6) is 0.801. The highest BCUT2D eigenvalue weighted by molar-refractivity contribution is 6.01. The zero-order valence-corrected chi connectivity index (χ0v) is 40.0. The molecule has 0 spiro atoms. The number of ether oxygens (including phenoxy) is 1. The molecule has 10 nitrogen and oxygen atoms in total. The van der Waals surface area contributed by atoms with Gasteiger partial charge in [0.05, 0.1) is 16.5 Å². The minimum Gasteiger partial charge on any atom is -0.494 e. The zero-order valence-electron chi connectivity index (χ0n) is 40.0. The second kappa shape index (κ2) is 20.1. The summed E-state index contributed by atoms with van der Waals surface area (Å²) >= 11 is 0. The van der Waals surface area contributed by atoms with Gasteiger partial charge in [0.25, 0.3) is 11.4 Å². The van der Waals surface area contributed by atoms with Crippen molar-refractivity contribution < 1.29 is 14.6 Å². The summed E-state index contributed by atoms with van der Waals surface area (Å²) < 4.78 is 6.14. The van der Waals surface area contributed by atoms with Crippen LogP contribution in [0.1, 0.15) is 26.2 Å². The minimum atomic E-state index is -0.381. The van der Waals surface area contributed by atoms with Gasteiger partial charge in [0.1, 0.15) is 5.75 Å². The van der Waals surface area contributed by atoms with Crippen LogP contribution >= 0.6 is 0 Å². The molecule has 0 aromatic heterocycles. The van der Waals surface area contributed by atoms with E-state index < -0.39 is 0 Å². The Morgan fingerprint density at radius 3 is 0.973 bits per heavy atom. The van der Waals surface area contributed by atoms with E-state index in [1.165, 1.54) is 10.8 Å². The molecule has 0 amide bonds. The van der Waals surface area contributed by atoms with E-state index in [9.17, 15) is 20.2 Å². The molecule has 0 atom stereocenters. The molecule has 0 radical (unpaired) electrons. The highest BCUT2D eigenvalue weighted by Gasteiger charge is 2.20. The van der Waals surface area contributed by atoms with Gasteiger partial charge in [-0.3, -0.25) is 20.2 Å². The average Bonchev–Trinajstić information content (AvgIpc) is 3.42. The maximum atomic E-state index is 11.8. The topological polar surface area (TPSA) is 105 Å².